The fourth-order valence-electron chi connectivity index (χ4n) is 2.36. The molecule has 1 heterocycles. The van der Waals surface area contributed by atoms with Crippen LogP contribution in [-0.4, -0.2) is 5.33 Å². The molecule has 0 spiro atoms. The highest BCUT2D eigenvalue weighted by Crippen LogP contribution is 2.36. The van der Waals surface area contributed by atoms with Gasteiger partial charge in [-0.1, -0.05) is 52.4 Å². The van der Waals surface area contributed by atoms with Crippen molar-refractivity contribution in [3.63, 3.8) is 0 Å². The van der Waals surface area contributed by atoms with Crippen LogP contribution in [0.25, 0.3) is 6.08 Å². The Hall–Kier alpha value is 0.690. The summed E-state index contributed by atoms with van der Waals surface area (Å²) >= 11 is 14.8. The Balaban J connectivity index is 2.16. The van der Waals surface area contributed by atoms with Crippen LogP contribution in [0.5, 0.6) is 0 Å². The maximum atomic E-state index is 6.07. The van der Waals surface area contributed by atoms with E-state index in [1.807, 2.05) is 0 Å². The Kier molecular flexibility index (Phi) is 5.59. The summed E-state index contributed by atoms with van der Waals surface area (Å²) in [6.45, 7) is 0. The topological polar surface area (TPSA) is 0 Å². The molecule has 2 rings (SSSR count). The summed E-state index contributed by atoms with van der Waals surface area (Å²) in [5.41, 5.74) is 1.52. The Bertz CT molecular complexity index is 386. The van der Waals surface area contributed by atoms with Gasteiger partial charge in [0.15, 0.2) is 0 Å². The largest absolute Gasteiger partial charge is 0.123 e. The summed E-state index contributed by atoms with van der Waals surface area (Å²) in [6.07, 6.45) is 9.16. The van der Waals surface area contributed by atoms with E-state index in [0.29, 0.717) is 0 Å². The first-order valence-corrected chi connectivity index (χ1v) is 9.03. The Labute approximate surface area is 129 Å². The SMILES string of the molecule is Clc1sc(/C=C(/CBr)C2CCCCC2)cc1Br. The van der Waals surface area contributed by atoms with Gasteiger partial charge in [-0.25, -0.2) is 0 Å². The third-order valence-corrected chi connectivity index (χ3v) is 6.34. The van der Waals surface area contributed by atoms with Gasteiger partial charge < -0.3 is 0 Å². The summed E-state index contributed by atoms with van der Waals surface area (Å²) in [6, 6.07) is 2.11. The zero-order valence-electron chi connectivity index (χ0n) is 9.52. The van der Waals surface area contributed by atoms with E-state index in [-0.39, 0.29) is 0 Å². The van der Waals surface area contributed by atoms with Crippen molar-refractivity contribution in [2.75, 3.05) is 5.33 Å². The van der Waals surface area contributed by atoms with Crippen LogP contribution in [0.2, 0.25) is 4.34 Å². The minimum absolute atomic E-state index is 0.766. The second kappa shape index (κ2) is 6.74. The van der Waals surface area contributed by atoms with Crippen LogP contribution in [-0.2, 0) is 0 Å². The van der Waals surface area contributed by atoms with Gasteiger partial charge in [-0.3, -0.25) is 0 Å². The predicted molar refractivity (Wildman–Crippen MR) is 85.4 cm³/mol. The number of allylic oxidation sites excluding steroid dienone is 1. The monoisotopic (exact) mass is 396 g/mol. The first kappa shape index (κ1) is 14.1. The first-order chi connectivity index (χ1) is 8.20. The molecule has 1 aliphatic rings. The zero-order chi connectivity index (χ0) is 12.3. The second-order valence-electron chi connectivity index (χ2n) is 4.46. The number of hydrogen-bond acceptors (Lipinski definition) is 1. The minimum Gasteiger partial charge on any atom is -0.123 e. The van der Waals surface area contributed by atoms with Crippen molar-refractivity contribution in [1.29, 1.82) is 0 Å². The van der Waals surface area contributed by atoms with E-state index < -0.39 is 0 Å². The average molecular weight is 399 g/mol. The lowest BCUT2D eigenvalue weighted by molar-refractivity contribution is 0.406. The van der Waals surface area contributed by atoms with Crippen LogP contribution in [0.1, 0.15) is 37.0 Å². The Morgan fingerprint density at radius 2 is 2.12 bits per heavy atom. The van der Waals surface area contributed by atoms with Gasteiger partial charge in [0, 0.05) is 14.7 Å². The molecule has 1 aromatic heterocycles. The molecule has 0 aliphatic heterocycles. The molecule has 1 saturated carbocycles. The number of thiophene rings is 1. The van der Waals surface area contributed by atoms with Crippen molar-refractivity contribution in [2.45, 2.75) is 32.1 Å². The van der Waals surface area contributed by atoms with Crippen molar-refractivity contribution in [3.8, 4) is 0 Å². The minimum atomic E-state index is 0.766. The summed E-state index contributed by atoms with van der Waals surface area (Å²) in [7, 11) is 0. The van der Waals surface area contributed by atoms with Crippen molar-refractivity contribution in [1.82, 2.24) is 0 Å². The zero-order valence-corrected chi connectivity index (χ0v) is 14.3. The number of hydrogen-bond donors (Lipinski definition) is 0. The van der Waals surface area contributed by atoms with Crippen LogP contribution in [0, 0.1) is 5.92 Å². The van der Waals surface area contributed by atoms with E-state index in [2.05, 4.69) is 44.0 Å². The van der Waals surface area contributed by atoms with Gasteiger partial charge in [0.2, 0.25) is 0 Å². The molecule has 4 heteroatoms. The third kappa shape index (κ3) is 3.82. The fourth-order valence-corrected chi connectivity index (χ4v) is 4.69. The van der Waals surface area contributed by atoms with E-state index in [9.17, 15) is 0 Å². The average Bonchev–Trinajstić information content (AvgIpc) is 2.67. The summed E-state index contributed by atoms with van der Waals surface area (Å²) in [5, 5.41) is 0.977. The van der Waals surface area contributed by atoms with Gasteiger partial charge in [-0.15, -0.1) is 11.3 Å². The smallest absolute Gasteiger partial charge is 0.108 e. The lowest BCUT2D eigenvalue weighted by atomic mass is 9.84. The number of rotatable bonds is 3. The molecule has 0 nitrogen and oxygen atoms in total. The van der Waals surface area contributed by atoms with Crippen LogP contribution < -0.4 is 0 Å². The maximum absolute atomic E-state index is 6.07. The highest BCUT2D eigenvalue weighted by Gasteiger charge is 2.17. The van der Waals surface area contributed by atoms with Crippen LogP contribution in [0.4, 0.5) is 0 Å². The van der Waals surface area contributed by atoms with Crippen LogP contribution in [0.15, 0.2) is 16.1 Å². The number of alkyl halides is 1. The molecule has 0 aromatic carbocycles. The van der Waals surface area contributed by atoms with Gasteiger partial charge >= 0.3 is 0 Å². The van der Waals surface area contributed by atoms with Crippen molar-refractivity contribution < 1.29 is 0 Å². The molecule has 94 valence electrons. The summed E-state index contributed by atoms with van der Waals surface area (Å²) < 4.78 is 1.85. The molecule has 1 fully saturated rings. The molecule has 0 saturated heterocycles. The van der Waals surface area contributed by atoms with Gasteiger partial charge in [0.1, 0.15) is 4.34 Å². The van der Waals surface area contributed by atoms with Crippen molar-refractivity contribution in [3.05, 3.63) is 25.3 Å². The molecule has 0 radical (unpaired) electrons. The third-order valence-electron chi connectivity index (χ3n) is 3.28. The molecule has 0 amide bonds. The maximum Gasteiger partial charge on any atom is 0.108 e. The molecule has 17 heavy (non-hydrogen) atoms. The normalized spacial score (nSPS) is 18.6. The first-order valence-electron chi connectivity index (χ1n) is 5.92. The Morgan fingerprint density at radius 1 is 1.41 bits per heavy atom. The van der Waals surface area contributed by atoms with E-state index in [0.717, 1.165) is 20.1 Å². The second-order valence-corrected chi connectivity index (χ2v) is 7.56. The molecule has 1 aromatic rings. The lowest BCUT2D eigenvalue weighted by Crippen LogP contribution is -2.09. The standard InChI is InChI=1S/C13H15Br2ClS/c14-8-10(9-4-2-1-3-5-9)6-11-7-12(15)13(16)17-11/h6-7,9H,1-5,8H2/b10-6-. The van der Waals surface area contributed by atoms with E-state index in [1.54, 1.807) is 11.3 Å². The molecule has 1 aliphatic carbocycles. The Morgan fingerprint density at radius 3 is 2.65 bits per heavy atom. The molecule has 0 atom stereocenters. The van der Waals surface area contributed by atoms with Gasteiger partial charge in [-0.05, 0) is 46.8 Å². The van der Waals surface area contributed by atoms with Gasteiger partial charge in [0.25, 0.3) is 0 Å². The van der Waals surface area contributed by atoms with Gasteiger partial charge in [-0.2, -0.15) is 0 Å². The van der Waals surface area contributed by atoms with E-state index >= 15 is 0 Å². The summed E-state index contributed by atoms with van der Waals surface area (Å²) in [5.74, 6) is 0.766. The summed E-state index contributed by atoms with van der Waals surface area (Å²) in [4.78, 5) is 1.25. The van der Waals surface area contributed by atoms with Crippen molar-refractivity contribution >= 4 is 60.9 Å². The molecular formula is C13H15Br2ClS. The van der Waals surface area contributed by atoms with E-state index in [4.69, 9.17) is 11.6 Å². The number of halogens is 3. The van der Waals surface area contributed by atoms with Gasteiger partial charge in [0.05, 0.1) is 0 Å². The molecular weight excluding hydrogens is 383 g/mol. The lowest BCUT2D eigenvalue weighted by Gasteiger charge is -2.23. The van der Waals surface area contributed by atoms with Crippen LogP contribution >= 0.6 is 54.8 Å². The van der Waals surface area contributed by atoms with E-state index in [1.165, 1.54) is 42.6 Å². The van der Waals surface area contributed by atoms with Crippen molar-refractivity contribution in [2.24, 2.45) is 5.92 Å². The quantitative estimate of drug-likeness (QED) is 0.508. The highest BCUT2D eigenvalue weighted by atomic mass is 79.9. The molecule has 0 N–H and O–H groups in total. The molecule has 0 bridgehead atoms. The van der Waals surface area contributed by atoms with Crippen LogP contribution in [0.3, 0.4) is 0 Å². The highest BCUT2D eigenvalue weighted by molar-refractivity contribution is 9.10. The molecule has 0 unspecified atom stereocenters. The predicted octanol–water partition coefficient (Wildman–Crippen LogP) is 6.52. The fraction of sp³-hybridized carbons (Fsp3) is 0.538.